The van der Waals surface area contributed by atoms with Crippen LogP contribution >= 0.6 is 11.8 Å². The van der Waals surface area contributed by atoms with Gasteiger partial charge in [0, 0.05) is 12.1 Å². The Morgan fingerprint density at radius 2 is 2.00 bits per heavy atom. The second kappa shape index (κ2) is 8.52. The molecular weight excluding hydrogens is 320 g/mol. The highest BCUT2D eigenvalue weighted by Gasteiger charge is 2.19. The lowest BCUT2D eigenvalue weighted by molar-refractivity contribution is -0.387. The van der Waals surface area contributed by atoms with Crippen LogP contribution in [0.2, 0.25) is 0 Å². The van der Waals surface area contributed by atoms with Crippen LogP contribution in [0.3, 0.4) is 0 Å². The van der Waals surface area contributed by atoms with E-state index in [1.54, 1.807) is 6.26 Å². The van der Waals surface area contributed by atoms with Gasteiger partial charge in [-0.3, -0.25) is 14.9 Å². The normalized spacial score (nSPS) is 11.9. The molecule has 0 saturated carbocycles. The Morgan fingerprint density at radius 3 is 2.52 bits per heavy atom. The number of nitro benzene ring substituents is 1. The van der Waals surface area contributed by atoms with Crippen molar-refractivity contribution in [1.29, 1.82) is 0 Å². The summed E-state index contributed by atoms with van der Waals surface area (Å²) in [5, 5.41) is 13.7. The molecule has 0 aromatic heterocycles. The molecule has 0 bridgehead atoms. The van der Waals surface area contributed by atoms with Crippen molar-refractivity contribution in [1.82, 2.24) is 5.32 Å². The molecule has 126 valence electrons. The maximum Gasteiger partial charge on any atom is 0.338 e. The van der Waals surface area contributed by atoms with Crippen molar-refractivity contribution < 1.29 is 19.2 Å². The minimum absolute atomic E-state index is 0.0387. The van der Waals surface area contributed by atoms with Crippen LogP contribution in [-0.2, 0) is 9.53 Å². The number of nitrogens with zero attached hydrogens (tertiary/aromatic N) is 1. The Hall–Kier alpha value is -2.09. The molecule has 1 rings (SSSR count). The molecule has 0 aliphatic carbocycles. The number of carbonyl (C=O) groups is 2. The average molecular weight is 340 g/mol. The predicted octanol–water partition coefficient (Wildman–Crippen LogP) is 2.63. The van der Waals surface area contributed by atoms with E-state index in [9.17, 15) is 19.7 Å². The first-order valence-electron chi connectivity index (χ1n) is 7.05. The highest BCUT2D eigenvalue weighted by molar-refractivity contribution is 7.98. The summed E-state index contributed by atoms with van der Waals surface area (Å²) in [6, 6.07) is 4.04. The molecule has 1 aromatic carbocycles. The Bertz CT molecular complexity index is 604. The first-order valence-corrected chi connectivity index (χ1v) is 8.27. The summed E-state index contributed by atoms with van der Waals surface area (Å²) in [5.74, 6) is -0.917. The number of carbonyl (C=O) groups excluding carboxylic acids is 2. The van der Waals surface area contributed by atoms with Gasteiger partial charge in [-0.15, -0.1) is 11.8 Å². The van der Waals surface area contributed by atoms with Crippen molar-refractivity contribution in [3.8, 4) is 0 Å². The molecule has 1 aromatic rings. The second-order valence-electron chi connectivity index (χ2n) is 5.32. The maximum atomic E-state index is 11.9. The van der Waals surface area contributed by atoms with E-state index in [1.807, 2.05) is 20.8 Å². The standard InChI is InChI=1S/C15H20N2O5S/c1-9(2)10(3)16-14(18)8-22-15(19)11-5-6-13(23-4)12(7-11)17(20)21/h5-7,9-10H,8H2,1-4H3,(H,16,18)/t10-/m1/s1. The Kier molecular flexibility index (Phi) is 7.02. The lowest BCUT2D eigenvalue weighted by Gasteiger charge is -2.17. The van der Waals surface area contributed by atoms with Gasteiger partial charge in [-0.25, -0.2) is 4.79 Å². The van der Waals surface area contributed by atoms with Crippen LogP contribution in [-0.4, -0.2) is 35.7 Å². The summed E-state index contributed by atoms with van der Waals surface area (Å²) in [6.07, 6.45) is 1.71. The third-order valence-electron chi connectivity index (χ3n) is 3.33. The second-order valence-corrected chi connectivity index (χ2v) is 6.17. The fourth-order valence-electron chi connectivity index (χ4n) is 1.64. The quantitative estimate of drug-likeness (QED) is 0.354. The third kappa shape index (κ3) is 5.55. The molecule has 1 atom stereocenters. The lowest BCUT2D eigenvalue weighted by Crippen LogP contribution is -2.38. The summed E-state index contributed by atoms with van der Waals surface area (Å²) in [7, 11) is 0. The van der Waals surface area contributed by atoms with Crippen LogP contribution in [0, 0.1) is 16.0 Å². The maximum absolute atomic E-state index is 11.9. The zero-order chi connectivity index (χ0) is 17.6. The van der Waals surface area contributed by atoms with Crippen LogP contribution in [0.1, 0.15) is 31.1 Å². The van der Waals surface area contributed by atoms with Gasteiger partial charge in [0.15, 0.2) is 6.61 Å². The van der Waals surface area contributed by atoms with E-state index in [2.05, 4.69) is 5.32 Å². The van der Waals surface area contributed by atoms with Crippen molar-refractivity contribution in [3.05, 3.63) is 33.9 Å². The Morgan fingerprint density at radius 1 is 1.35 bits per heavy atom. The van der Waals surface area contributed by atoms with E-state index >= 15 is 0 Å². The number of ether oxygens (including phenoxy) is 1. The lowest BCUT2D eigenvalue weighted by atomic mass is 10.1. The molecule has 1 N–H and O–H groups in total. The third-order valence-corrected chi connectivity index (χ3v) is 4.12. The van der Waals surface area contributed by atoms with Gasteiger partial charge in [-0.2, -0.15) is 0 Å². The molecule has 8 heteroatoms. The van der Waals surface area contributed by atoms with Gasteiger partial charge in [0.25, 0.3) is 11.6 Å². The van der Waals surface area contributed by atoms with Crippen LogP contribution in [0.4, 0.5) is 5.69 Å². The molecule has 0 saturated heterocycles. The number of hydrogen-bond donors (Lipinski definition) is 1. The molecule has 1 amide bonds. The van der Waals surface area contributed by atoms with E-state index < -0.39 is 23.4 Å². The molecule has 7 nitrogen and oxygen atoms in total. The van der Waals surface area contributed by atoms with Crippen molar-refractivity contribution >= 4 is 29.3 Å². The molecular formula is C15H20N2O5S. The number of nitrogens with one attached hydrogen (secondary N) is 1. The molecule has 23 heavy (non-hydrogen) atoms. The Balaban J connectivity index is 2.70. The number of hydrogen-bond acceptors (Lipinski definition) is 6. The van der Waals surface area contributed by atoms with Gasteiger partial charge >= 0.3 is 5.97 Å². The zero-order valence-corrected chi connectivity index (χ0v) is 14.3. The van der Waals surface area contributed by atoms with Gasteiger partial charge in [-0.1, -0.05) is 13.8 Å². The van der Waals surface area contributed by atoms with Gasteiger partial charge in [0.1, 0.15) is 0 Å². The average Bonchev–Trinajstić information content (AvgIpc) is 2.51. The highest BCUT2D eigenvalue weighted by atomic mass is 32.2. The van der Waals surface area contributed by atoms with Gasteiger partial charge < -0.3 is 10.1 Å². The summed E-state index contributed by atoms with van der Waals surface area (Å²) in [6.45, 7) is 5.36. The summed E-state index contributed by atoms with van der Waals surface area (Å²) in [5.41, 5.74) is -0.121. The molecule has 0 heterocycles. The predicted molar refractivity (Wildman–Crippen MR) is 87.6 cm³/mol. The number of amides is 1. The van der Waals surface area contributed by atoms with Crippen LogP contribution in [0.15, 0.2) is 23.1 Å². The SMILES string of the molecule is CSc1ccc(C(=O)OCC(=O)N[C@H](C)C(C)C)cc1[N+](=O)[O-]. The Labute approximate surface area is 138 Å². The molecule has 0 aliphatic rings. The van der Waals surface area contributed by atoms with E-state index in [4.69, 9.17) is 4.74 Å². The van der Waals surface area contributed by atoms with Gasteiger partial charge in [0.05, 0.1) is 15.4 Å². The first kappa shape index (κ1) is 19.0. The van der Waals surface area contributed by atoms with Crippen molar-refractivity contribution in [2.24, 2.45) is 5.92 Å². The fourth-order valence-corrected chi connectivity index (χ4v) is 2.18. The molecule has 0 unspecified atom stereocenters. The molecule has 0 fully saturated rings. The molecule has 0 aliphatic heterocycles. The molecule has 0 spiro atoms. The minimum Gasteiger partial charge on any atom is -0.452 e. The summed E-state index contributed by atoms with van der Waals surface area (Å²) >= 11 is 1.21. The number of thioether (sulfide) groups is 1. The highest BCUT2D eigenvalue weighted by Crippen LogP contribution is 2.28. The van der Waals surface area contributed by atoms with Crippen LogP contribution in [0.5, 0.6) is 0 Å². The number of esters is 1. The topological polar surface area (TPSA) is 98.5 Å². The van der Waals surface area contributed by atoms with E-state index in [0.717, 1.165) is 6.07 Å². The van der Waals surface area contributed by atoms with E-state index in [-0.39, 0.29) is 23.2 Å². The molecule has 0 radical (unpaired) electrons. The summed E-state index contributed by atoms with van der Waals surface area (Å²) in [4.78, 5) is 34.5. The number of rotatable bonds is 7. The van der Waals surface area contributed by atoms with Gasteiger partial charge in [-0.05, 0) is 31.2 Å². The number of benzene rings is 1. The van der Waals surface area contributed by atoms with Crippen molar-refractivity contribution in [2.45, 2.75) is 31.7 Å². The largest absolute Gasteiger partial charge is 0.452 e. The van der Waals surface area contributed by atoms with Crippen molar-refractivity contribution in [3.63, 3.8) is 0 Å². The summed E-state index contributed by atoms with van der Waals surface area (Å²) < 4.78 is 4.90. The van der Waals surface area contributed by atoms with E-state index in [0.29, 0.717) is 4.90 Å². The monoisotopic (exact) mass is 340 g/mol. The number of nitro groups is 1. The van der Waals surface area contributed by atoms with Gasteiger partial charge in [0.2, 0.25) is 0 Å². The zero-order valence-electron chi connectivity index (χ0n) is 13.5. The van der Waals surface area contributed by atoms with Crippen molar-refractivity contribution in [2.75, 3.05) is 12.9 Å². The van der Waals surface area contributed by atoms with Crippen LogP contribution in [0.25, 0.3) is 0 Å². The smallest absolute Gasteiger partial charge is 0.338 e. The van der Waals surface area contributed by atoms with Crippen LogP contribution < -0.4 is 5.32 Å². The minimum atomic E-state index is -0.770. The fraction of sp³-hybridized carbons (Fsp3) is 0.467. The first-order chi connectivity index (χ1) is 10.8. The van der Waals surface area contributed by atoms with E-state index in [1.165, 1.54) is 23.9 Å².